The van der Waals surface area contributed by atoms with Gasteiger partial charge in [-0.05, 0) is 36.6 Å². The van der Waals surface area contributed by atoms with Crippen molar-refractivity contribution in [3.63, 3.8) is 0 Å². The number of ether oxygens (including phenoxy) is 2. The van der Waals surface area contributed by atoms with Crippen LogP contribution in [0.2, 0.25) is 0 Å². The molecule has 1 amide bonds. The van der Waals surface area contributed by atoms with Gasteiger partial charge in [-0.1, -0.05) is 0 Å². The number of carbonyl (C=O) groups excluding carboxylic acids is 1. The van der Waals surface area contributed by atoms with Crippen LogP contribution in [0.15, 0.2) is 18.2 Å². The Morgan fingerprint density at radius 3 is 2.30 bits per heavy atom. The Labute approximate surface area is 153 Å². The third-order valence-corrected chi connectivity index (χ3v) is 4.35. The molecule has 0 bridgehead atoms. The van der Waals surface area contributed by atoms with E-state index in [1.807, 2.05) is 6.07 Å². The van der Waals surface area contributed by atoms with E-state index in [0.717, 1.165) is 11.1 Å². The molecule has 0 aliphatic carbocycles. The Kier molecular flexibility index (Phi) is 4.95. The lowest BCUT2D eigenvalue weighted by atomic mass is 9.98. The molecule has 1 aromatic carbocycles. The third-order valence-electron chi connectivity index (χ3n) is 4.35. The van der Waals surface area contributed by atoms with E-state index in [-0.39, 0.29) is 18.1 Å². The van der Waals surface area contributed by atoms with Crippen LogP contribution in [0.3, 0.4) is 0 Å². The molecule has 0 radical (unpaired) electrons. The normalized spacial score (nSPS) is 13.9. The van der Waals surface area contributed by atoms with Crippen molar-refractivity contribution in [3.8, 4) is 11.5 Å². The molecule has 27 heavy (non-hydrogen) atoms. The molecule has 0 atom stereocenters. The monoisotopic (exact) mass is 381 g/mol. The molecular weight excluding hydrogens is 363 g/mol. The van der Waals surface area contributed by atoms with Crippen molar-refractivity contribution in [2.45, 2.75) is 26.1 Å². The summed E-state index contributed by atoms with van der Waals surface area (Å²) in [4.78, 5) is 21.5. The summed E-state index contributed by atoms with van der Waals surface area (Å²) in [7, 11) is 3.05. The van der Waals surface area contributed by atoms with E-state index in [0.29, 0.717) is 30.5 Å². The summed E-state index contributed by atoms with van der Waals surface area (Å²) < 4.78 is 49.4. The maximum atomic E-state index is 13.0. The molecule has 2 aromatic rings. The van der Waals surface area contributed by atoms with Gasteiger partial charge in [-0.2, -0.15) is 13.2 Å². The van der Waals surface area contributed by atoms with E-state index in [2.05, 4.69) is 9.97 Å². The zero-order valence-corrected chi connectivity index (χ0v) is 15.1. The number of nitrogens with zero attached hydrogens (tertiary/aromatic N) is 3. The Hall–Kier alpha value is -2.84. The van der Waals surface area contributed by atoms with E-state index in [1.54, 1.807) is 13.2 Å². The number of halogens is 3. The SMILES string of the molecule is COc1cc2c(cc1OC)CN(C(=O)c1cc(C(F)(F)F)nc(C)n1)CC2. The number of amides is 1. The minimum Gasteiger partial charge on any atom is -0.493 e. The van der Waals surface area contributed by atoms with Gasteiger partial charge in [0.1, 0.15) is 17.2 Å². The number of fused-ring (bicyclic) bond motifs is 1. The molecule has 0 N–H and O–H groups in total. The topological polar surface area (TPSA) is 64.6 Å². The van der Waals surface area contributed by atoms with Crippen molar-refractivity contribution < 1.29 is 27.4 Å². The fourth-order valence-electron chi connectivity index (χ4n) is 3.04. The van der Waals surface area contributed by atoms with Crippen LogP contribution in [0.1, 0.15) is 33.1 Å². The summed E-state index contributed by atoms with van der Waals surface area (Å²) in [5, 5.41) is 0. The van der Waals surface area contributed by atoms with Gasteiger partial charge in [-0.25, -0.2) is 9.97 Å². The number of methoxy groups -OCH3 is 2. The van der Waals surface area contributed by atoms with E-state index in [1.165, 1.54) is 18.9 Å². The molecular formula is C18H18F3N3O3. The molecule has 3 rings (SSSR count). The molecule has 0 fully saturated rings. The average Bonchev–Trinajstić information content (AvgIpc) is 2.64. The average molecular weight is 381 g/mol. The van der Waals surface area contributed by atoms with Crippen LogP contribution in [0, 0.1) is 6.92 Å². The van der Waals surface area contributed by atoms with Crippen LogP contribution in [0.4, 0.5) is 13.2 Å². The first-order chi connectivity index (χ1) is 12.7. The highest BCUT2D eigenvalue weighted by Gasteiger charge is 2.34. The lowest BCUT2D eigenvalue weighted by Gasteiger charge is -2.29. The van der Waals surface area contributed by atoms with Gasteiger partial charge in [0.05, 0.1) is 14.2 Å². The van der Waals surface area contributed by atoms with Crippen molar-refractivity contribution in [3.05, 3.63) is 46.5 Å². The smallest absolute Gasteiger partial charge is 0.433 e. The lowest BCUT2D eigenvalue weighted by Crippen LogP contribution is -2.36. The molecule has 0 unspecified atom stereocenters. The Morgan fingerprint density at radius 1 is 1.07 bits per heavy atom. The Morgan fingerprint density at radius 2 is 1.70 bits per heavy atom. The predicted octanol–water partition coefficient (Wildman–Crippen LogP) is 3.02. The minimum absolute atomic E-state index is 0.100. The van der Waals surface area contributed by atoms with Crippen LogP contribution < -0.4 is 9.47 Å². The van der Waals surface area contributed by atoms with Gasteiger partial charge in [0.15, 0.2) is 11.5 Å². The summed E-state index contributed by atoms with van der Waals surface area (Å²) in [5.74, 6) is 0.462. The molecule has 144 valence electrons. The molecule has 0 saturated heterocycles. The Bertz CT molecular complexity index is 884. The molecule has 0 saturated carbocycles. The Balaban J connectivity index is 1.89. The van der Waals surface area contributed by atoms with Gasteiger partial charge in [0.25, 0.3) is 5.91 Å². The standard InChI is InChI=1S/C18H18F3N3O3/c1-10-22-13(8-16(23-10)18(19,20)21)17(25)24-5-4-11-6-14(26-2)15(27-3)7-12(11)9-24/h6-8H,4-5,9H2,1-3H3. The van der Waals surface area contributed by atoms with Crippen molar-refractivity contribution in [2.75, 3.05) is 20.8 Å². The second kappa shape index (κ2) is 7.05. The van der Waals surface area contributed by atoms with Crippen LogP contribution in [-0.4, -0.2) is 41.5 Å². The largest absolute Gasteiger partial charge is 0.493 e. The fourth-order valence-corrected chi connectivity index (χ4v) is 3.04. The van der Waals surface area contributed by atoms with Gasteiger partial charge in [-0.3, -0.25) is 4.79 Å². The number of hydrogen-bond donors (Lipinski definition) is 0. The van der Waals surface area contributed by atoms with Crippen LogP contribution >= 0.6 is 0 Å². The molecule has 9 heteroatoms. The highest BCUT2D eigenvalue weighted by atomic mass is 19.4. The highest BCUT2D eigenvalue weighted by Crippen LogP contribution is 2.34. The van der Waals surface area contributed by atoms with E-state index >= 15 is 0 Å². The molecule has 1 aromatic heterocycles. The zero-order valence-electron chi connectivity index (χ0n) is 15.1. The number of benzene rings is 1. The fraction of sp³-hybridized carbons (Fsp3) is 0.389. The lowest BCUT2D eigenvalue weighted by molar-refractivity contribution is -0.141. The number of alkyl halides is 3. The van der Waals surface area contributed by atoms with Gasteiger partial charge < -0.3 is 14.4 Å². The van der Waals surface area contributed by atoms with Crippen molar-refractivity contribution in [1.82, 2.24) is 14.9 Å². The number of carbonyl (C=O) groups is 1. The molecule has 6 nitrogen and oxygen atoms in total. The van der Waals surface area contributed by atoms with Crippen LogP contribution in [0.5, 0.6) is 11.5 Å². The van der Waals surface area contributed by atoms with Crippen molar-refractivity contribution in [2.24, 2.45) is 0 Å². The first-order valence-corrected chi connectivity index (χ1v) is 8.19. The molecule has 1 aliphatic rings. The summed E-state index contributed by atoms with van der Waals surface area (Å²) in [6.45, 7) is 1.94. The van der Waals surface area contributed by atoms with E-state index in [4.69, 9.17) is 9.47 Å². The minimum atomic E-state index is -4.64. The first-order valence-electron chi connectivity index (χ1n) is 8.19. The number of hydrogen-bond acceptors (Lipinski definition) is 5. The van der Waals surface area contributed by atoms with Crippen molar-refractivity contribution in [1.29, 1.82) is 0 Å². The maximum Gasteiger partial charge on any atom is 0.433 e. The summed E-state index contributed by atoms with van der Waals surface area (Å²) in [5.41, 5.74) is 0.474. The van der Waals surface area contributed by atoms with Crippen LogP contribution in [-0.2, 0) is 19.1 Å². The number of rotatable bonds is 3. The predicted molar refractivity (Wildman–Crippen MR) is 89.8 cm³/mol. The van der Waals surface area contributed by atoms with Crippen LogP contribution in [0.25, 0.3) is 0 Å². The van der Waals surface area contributed by atoms with Gasteiger partial charge in [0.2, 0.25) is 0 Å². The highest BCUT2D eigenvalue weighted by molar-refractivity contribution is 5.92. The quantitative estimate of drug-likeness (QED) is 0.818. The van der Waals surface area contributed by atoms with Gasteiger partial charge in [-0.15, -0.1) is 0 Å². The molecule has 2 heterocycles. The number of aromatic nitrogens is 2. The number of aryl methyl sites for hydroxylation is 1. The van der Waals surface area contributed by atoms with Gasteiger partial charge >= 0.3 is 6.18 Å². The van der Waals surface area contributed by atoms with E-state index in [9.17, 15) is 18.0 Å². The summed E-state index contributed by atoms with van der Waals surface area (Å²) in [6, 6.07) is 4.33. The summed E-state index contributed by atoms with van der Waals surface area (Å²) in [6.07, 6.45) is -4.08. The van der Waals surface area contributed by atoms with Crippen molar-refractivity contribution >= 4 is 5.91 Å². The maximum absolute atomic E-state index is 13.0. The third kappa shape index (κ3) is 3.81. The zero-order chi connectivity index (χ0) is 19.8. The first kappa shape index (κ1) is 18.9. The van der Waals surface area contributed by atoms with E-state index < -0.39 is 17.8 Å². The molecule has 0 spiro atoms. The second-order valence-electron chi connectivity index (χ2n) is 6.14. The molecule has 1 aliphatic heterocycles. The van der Waals surface area contributed by atoms with Gasteiger partial charge in [0, 0.05) is 19.2 Å². The summed E-state index contributed by atoms with van der Waals surface area (Å²) >= 11 is 0. The second-order valence-corrected chi connectivity index (χ2v) is 6.14.